The maximum absolute atomic E-state index is 5.83. The molecule has 3 nitrogen and oxygen atoms in total. The Morgan fingerprint density at radius 3 is 2.52 bits per heavy atom. The highest BCUT2D eigenvalue weighted by Gasteiger charge is 2.21. The second-order valence-electron chi connectivity index (χ2n) is 5.65. The quantitative estimate of drug-likeness (QED) is 0.705. The first-order valence-corrected chi connectivity index (χ1v) is 7.27. The van der Waals surface area contributed by atoms with E-state index in [4.69, 9.17) is 5.73 Å². The summed E-state index contributed by atoms with van der Waals surface area (Å²) in [5.41, 5.74) is 11.6. The van der Waals surface area contributed by atoms with E-state index in [1.165, 1.54) is 11.1 Å². The SMILES string of the molecule is Nc1ccc2c(NC3Cc4ccccc4C3)ccnc2c1. The lowest BCUT2D eigenvalue weighted by Gasteiger charge is -2.15. The molecule has 0 aliphatic heterocycles. The minimum absolute atomic E-state index is 0.450. The molecule has 0 saturated heterocycles. The minimum atomic E-state index is 0.450. The van der Waals surface area contributed by atoms with E-state index >= 15 is 0 Å². The highest BCUT2D eigenvalue weighted by Crippen LogP contribution is 2.28. The van der Waals surface area contributed by atoms with Gasteiger partial charge in [0.1, 0.15) is 0 Å². The summed E-state index contributed by atoms with van der Waals surface area (Å²) in [6.07, 6.45) is 4.00. The number of anilines is 2. The average molecular weight is 275 g/mol. The lowest BCUT2D eigenvalue weighted by molar-refractivity contribution is 0.775. The fourth-order valence-electron chi connectivity index (χ4n) is 3.17. The Morgan fingerprint density at radius 1 is 1.00 bits per heavy atom. The summed E-state index contributed by atoms with van der Waals surface area (Å²) in [5, 5.41) is 4.80. The summed E-state index contributed by atoms with van der Waals surface area (Å²) in [6, 6.07) is 17.1. The van der Waals surface area contributed by atoms with E-state index in [1.54, 1.807) is 0 Å². The van der Waals surface area contributed by atoms with Gasteiger partial charge < -0.3 is 11.1 Å². The molecule has 0 bridgehead atoms. The second-order valence-corrected chi connectivity index (χ2v) is 5.65. The van der Waals surface area contributed by atoms with Crippen molar-refractivity contribution in [2.24, 2.45) is 0 Å². The predicted molar refractivity (Wildman–Crippen MR) is 87.4 cm³/mol. The van der Waals surface area contributed by atoms with E-state index in [2.05, 4.69) is 34.6 Å². The number of nitrogens with two attached hydrogens (primary N) is 1. The molecule has 3 aromatic rings. The third-order valence-electron chi connectivity index (χ3n) is 4.18. The Balaban J connectivity index is 1.64. The van der Waals surface area contributed by atoms with E-state index < -0.39 is 0 Å². The van der Waals surface area contributed by atoms with Crippen LogP contribution in [-0.4, -0.2) is 11.0 Å². The van der Waals surface area contributed by atoms with Crippen molar-refractivity contribution in [2.45, 2.75) is 18.9 Å². The summed E-state index contributed by atoms with van der Waals surface area (Å²) >= 11 is 0. The summed E-state index contributed by atoms with van der Waals surface area (Å²) in [4.78, 5) is 4.40. The Labute approximate surface area is 123 Å². The highest BCUT2D eigenvalue weighted by atomic mass is 14.9. The molecule has 3 heteroatoms. The second kappa shape index (κ2) is 4.77. The summed E-state index contributed by atoms with van der Waals surface area (Å²) in [5.74, 6) is 0. The molecule has 0 atom stereocenters. The van der Waals surface area contributed by atoms with Crippen LogP contribution in [0.2, 0.25) is 0 Å². The van der Waals surface area contributed by atoms with Crippen molar-refractivity contribution in [3.8, 4) is 0 Å². The average Bonchev–Trinajstić information content (AvgIpc) is 2.89. The maximum Gasteiger partial charge on any atom is 0.0743 e. The van der Waals surface area contributed by atoms with Crippen LogP contribution in [-0.2, 0) is 12.8 Å². The van der Waals surface area contributed by atoms with E-state index in [0.29, 0.717) is 6.04 Å². The van der Waals surface area contributed by atoms with E-state index in [0.717, 1.165) is 35.1 Å². The van der Waals surface area contributed by atoms with Crippen molar-refractivity contribution in [2.75, 3.05) is 11.1 Å². The number of aromatic nitrogens is 1. The number of nitrogens with zero attached hydrogens (tertiary/aromatic N) is 1. The number of rotatable bonds is 2. The van der Waals surface area contributed by atoms with Crippen LogP contribution in [0.4, 0.5) is 11.4 Å². The highest BCUT2D eigenvalue weighted by molar-refractivity contribution is 5.92. The van der Waals surface area contributed by atoms with Gasteiger partial charge in [0, 0.05) is 29.0 Å². The smallest absolute Gasteiger partial charge is 0.0743 e. The normalized spacial score (nSPS) is 14.3. The molecule has 0 unspecified atom stereocenters. The first-order valence-electron chi connectivity index (χ1n) is 7.27. The zero-order valence-corrected chi connectivity index (χ0v) is 11.7. The molecule has 0 amide bonds. The zero-order valence-electron chi connectivity index (χ0n) is 11.7. The number of hydrogen-bond acceptors (Lipinski definition) is 3. The van der Waals surface area contributed by atoms with Crippen LogP contribution in [0.1, 0.15) is 11.1 Å². The Hall–Kier alpha value is -2.55. The van der Waals surface area contributed by atoms with Gasteiger partial charge in [0.25, 0.3) is 0 Å². The first-order chi connectivity index (χ1) is 10.3. The number of pyridine rings is 1. The van der Waals surface area contributed by atoms with Crippen LogP contribution in [0, 0.1) is 0 Å². The third kappa shape index (κ3) is 2.21. The lowest BCUT2D eigenvalue weighted by Crippen LogP contribution is -2.19. The molecule has 0 saturated carbocycles. The lowest BCUT2D eigenvalue weighted by atomic mass is 10.1. The van der Waals surface area contributed by atoms with Gasteiger partial charge in [-0.3, -0.25) is 4.98 Å². The Morgan fingerprint density at radius 2 is 1.76 bits per heavy atom. The van der Waals surface area contributed by atoms with Crippen molar-refractivity contribution in [3.63, 3.8) is 0 Å². The Bertz CT molecular complexity index is 785. The van der Waals surface area contributed by atoms with Crippen LogP contribution in [0.3, 0.4) is 0 Å². The van der Waals surface area contributed by atoms with Crippen LogP contribution in [0.15, 0.2) is 54.7 Å². The molecule has 0 fully saturated rings. The molecular formula is C18H17N3. The molecular weight excluding hydrogens is 258 g/mol. The van der Waals surface area contributed by atoms with Gasteiger partial charge in [-0.2, -0.15) is 0 Å². The van der Waals surface area contributed by atoms with Crippen LogP contribution < -0.4 is 11.1 Å². The monoisotopic (exact) mass is 275 g/mol. The standard InChI is InChI=1S/C18H17N3/c19-14-5-6-16-17(7-8-20-18(16)11-14)21-15-9-12-3-1-2-4-13(12)10-15/h1-8,11,15H,9-10,19H2,(H,20,21). The van der Waals surface area contributed by atoms with Crippen molar-refractivity contribution < 1.29 is 0 Å². The van der Waals surface area contributed by atoms with Gasteiger partial charge >= 0.3 is 0 Å². The fraction of sp³-hybridized carbons (Fsp3) is 0.167. The third-order valence-corrected chi connectivity index (χ3v) is 4.18. The van der Waals surface area contributed by atoms with Gasteiger partial charge in [0.2, 0.25) is 0 Å². The fourth-order valence-corrected chi connectivity index (χ4v) is 3.17. The number of benzene rings is 2. The molecule has 4 rings (SSSR count). The molecule has 1 aliphatic carbocycles. The molecule has 1 aromatic heterocycles. The van der Waals surface area contributed by atoms with Gasteiger partial charge in [-0.05, 0) is 48.2 Å². The summed E-state index contributed by atoms with van der Waals surface area (Å²) < 4.78 is 0. The summed E-state index contributed by atoms with van der Waals surface area (Å²) in [6.45, 7) is 0. The molecule has 104 valence electrons. The van der Waals surface area contributed by atoms with E-state index in [1.807, 2.05) is 30.5 Å². The number of nitrogens with one attached hydrogen (secondary N) is 1. The number of hydrogen-bond donors (Lipinski definition) is 2. The van der Waals surface area contributed by atoms with Crippen molar-refractivity contribution in [3.05, 3.63) is 65.9 Å². The van der Waals surface area contributed by atoms with Crippen LogP contribution >= 0.6 is 0 Å². The molecule has 3 N–H and O–H groups in total. The maximum atomic E-state index is 5.83. The molecule has 1 aliphatic rings. The molecule has 1 heterocycles. The zero-order chi connectivity index (χ0) is 14.2. The van der Waals surface area contributed by atoms with Crippen LogP contribution in [0.5, 0.6) is 0 Å². The van der Waals surface area contributed by atoms with Gasteiger partial charge in [0.05, 0.1) is 5.52 Å². The molecule has 21 heavy (non-hydrogen) atoms. The Kier molecular flexibility index (Phi) is 2.78. The van der Waals surface area contributed by atoms with Gasteiger partial charge in [-0.1, -0.05) is 24.3 Å². The van der Waals surface area contributed by atoms with E-state index in [-0.39, 0.29) is 0 Å². The largest absolute Gasteiger partial charge is 0.399 e. The molecule has 0 radical (unpaired) electrons. The topological polar surface area (TPSA) is 50.9 Å². The van der Waals surface area contributed by atoms with Gasteiger partial charge in [0.15, 0.2) is 0 Å². The first kappa shape index (κ1) is 12.2. The van der Waals surface area contributed by atoms with Gasteiger partial charge in [-0.15, -0.1) is 0 Å². The van der Waals surface area contributed by atoms with Gasteiger partial charge in [-0.25, -0.2) is 0 Å². The van der Waals surface area contributed by atoms with E-state index in [9.17, 15) is 0 Å². The predicted octanol–water partition coefficient (Wildman–Crippen LogP) is 3.40. The van der Waals surface area contributed by atoms with Crippen LogP contribution in [0.25, 0.3) is 10.9 Å². The van der Waals surface area contributed by atoms with Crippen molar-refractivity contribution in [1.82, 2.24) is 4.98 Å². The number of fused-ring (bicyclic) bond motifs is 2. The molecule has 2 aromatic carbocycles. The minimum Gasteiger partial charge on any atom is -0.399 e. The summed E-state index contributed by atoms with van der Waals surface area (Å²) in [7, 11) is 0. The number of nitrogen functional groups attached to an aromatic ring is 1. The van der Waals surface area contributed by atoms with Crippen molar-refractivity contribution in [1.29, 1.82) is 0 Å². The molecule has 0 spiro atoms. The van der Waals surface area contributed by atoms with Crippen molar-refractivity contribution >= 4 is 22.3 Å².